The summed E-state index contributed by atoms with van der Waals surface area (Å²) in [5.74, 6) is -0.105. The molecule has 6 nitrogen and oxygen atoms in total. The summed E-state index contributed by atoms with van der Waals surface area (Å²) in [6, 6.07) is 9.32. The Bertz CT molecular complexity index is 988. The van der Waals surface area contributed by atoms with E-state index in [0.29, 0.717) is 29.6 Å². The molecule has 3 heterocycles. The Kier molecular flexibility index (Phi) is 4.57. The predicted molar refractivity (Wildman–Crippen MR) is 102 cm³/mol. The molecule has 7 heteroatoms. The van der Waals surface area contributed by atoms with Crippen LogP contribution in [0.25, 0.3) is 10.8 Å². The van der Waals surface area contributed by atoms with Gasteiger partial charge in [0.1, 0.15) is 0 Å². The van der Waals surface area contributed by atoms with Crippen LogP contribution in [0.15, 0.2) is 45.9 Å². The normalized spacial score (nSPS) is 15.5. The second kappa shape index (κ2) is 7.01. The van der Waals surface area contributed by atoms with Gasteiger partial charge in [-0.2, -0.15) is 16.4 Å². The molecule has 0 atom stereocenters. The summed E-state index contributed by atoms with van der Waals surface area (Å²) in [7, 11) is 1.59. The van der Waals surface area contributed by atoms with Gasteiger partial charge in [-0.1, -0.05) is 18.2 Å². The van der Waals surface area contributed by atoms with Crippen molar-refractivity contribution >= 4 is 28.0 Å². The number of piperazine rings is 1. The van der Waals surface area contributed by atoms with E-state index in [9.17, 15) is 9.59 Å². The van der Waals surface area contributed by atoms with Crippen molar-refractivity contribution in [2.45, 2.75) is 6.54 Å². The van der Waals surface area contributed by atoms with Gasteiger partial charge < -0.3 is 4.90 Å². The summed E-state index contributed by atoms with van der Waals surface area (Å²) >= 11 is 1.71. The number of hydrogen-bond donors (Lipinski definition) is 0. The van der Waals surface area contributed by atoms with Crippen molar-refractivity contribution in [3.63, 3.8) is 0 Å². The maximum absolute atomic E-state index is 13.0. The average molecular weight is 368 g/mol. The lowest BCUT2D eigenvalue weighted by Gasteiger charge is -2.34. The fourth-order valence-corrected chi connectivity index (χ4v) is 4.02. The van der Waals surface area contributed by atoms with E-state index in [1.165, 1.54) is 10.2 Å². The molecule has 0 unspecified atom stereocenters. The molecule has 1 aliphatic heterocycles. The third kappa shape index (κ3) is 3.15. The van der Waals surface area contributed by atoms with Gasteiger partial charge in [0.15, 0.2) is 5.69 Å². The second-order valence-corrected chi connectivity index (χ2v) is 7.30. The summed E-state index contributed by atoms with van der Waals surface area (Å²) in [5.41, 5.74) is 1.49. The largest absolute Gasteiger partial charge is 0.335 e. The van der Waals surface area contributed by atoms with Crippen LogP contribution in [0.4, 0.5) is 0 Å². The van der Waals surface area contributed by atoms with Crippen LogP contribution >= 0.6 is 11.3 Å². The molecule has 1 saturated heterocycles. The lowest BCUT2D eigenvalue weighted by Crippen LogP contribution is -2.48. The van der Waals surface area contributed by atoms with Gasteiger partial charge in [-0.15, -0.1) is 0 Å². The minimum absolute atomic E-state index is 0.105. The Labute approximate surface area is 155 Å². The van der Waals surface area contributed by atoms with Gasteiger partial charge in [0.05, 0.1) is 5.39 Å². The predicted octanol–water partition coefficient (Wildman–Crippen LogP) is 1.95. The number of carbonyl (C=O) groups is 1. The summed E-state index contributed by atoms with van der Waals surface area (Å²) in [5, 5.41) is 9.67. The summed E-state index contributed by atoms with van der Waals surface area (Å²) in [6.45, 7) is 3.94. The van der Waals surface area contributed by atoms with E-state index in [1.807, 2.05) is 11.0 Å². The molecule has 0 aliphatic carbocycles. The van der Waals surface area contributed by atoms with E-state index in [4.69, 9.17) is 0 Å². The van der Waals surface area contributed by atoms with Gasteiger partial charge >= 0.3 is 0 Å². The number of hydrogen-bond acceptors (Lipinski definition) is 5. The highest BCUT2D eigenvalue weighted by Gasteiger charge is 2.25. The Morgan fingerprint density at radius 3 is 2.54 bits per heavy atom. The molecule has 1 aliphatic rings. The number of fused-ring (bicyclic) bond motifs is 1. The van der Waals surface area contributed by atoms with Crippen molar-refractivity contribution in [3.05, 3.63) is 62.7 Å². The zero-order valence-electron chi connectivity index (χ0n) is 14.6. The van der Waals surface area contributed by atoms with E-state index >= 15 is 0 Å². The lowest BCUT2D eigenvalue weighted by molar-refractivity contribution is 0.0622. The molecule has 0 bridgehead atoms. The van der Waals surface area contributed by atoms with Crippen LogP contribution in [-0.2, 0) is 13.6 Å². The molecule has 0 saturated carbocycles. The number of aromatic nitrogens is 2. The fourth-order valence-electron chi connectivity index (χ4n) is 3.36. The van der Waals surface area contributed by atoms with Gasteiger partial charge in [0.2, 0.25) is 0 Å². The minimum Gasteiger partial charge on any atom is -0.335 e. The molecule has 1 amide bonds. The number of benzene rings is 1. The van der Waals surface area contributed by atoms with Gasteiger partial charge in [-0.05, 0) is 28.5 Å². The third-order valence-corrected chi connectivity index (χ3v) is 5.54. The average Bonchev–Trinajstić information content (AvgIpc) is 3.18. The molecule has 26 heavy (non-hydrogen) atoms. The quantitative estimate of drug-likeness (QED) is 0.709. The van der Waals surface area contributed by atoms with Gasteiger partial charge in [0, 0.05) is 45.2 Å². The Morgan fingerprint density at radius 1 is 1.12 bits per heavy atom. The van der Waals surface area contributed by atoms with Crippen molar-refractivity contribution in [3.8, 4) is 0 Å². The number of thiophene rings is 1. The molecular formula is C19H20N4O2S. The van der Waals surface area contributed by atoms with Crippen molar-refractivity contribution < 1.29 is 4.79 Å². The molecule has 0 spiro atoms. The number of aryl methyl sites for hydroxylation is 1. The van der Waals surface area contributed by atoms with Gasteiger partial charge in [0.25, 0.3) is 11.5 Å². The Balaban J connectivity index is 1.53. The molecule has 0 N–H and O–H groups in total. The van der Waals surface area contributed by atoms with Crippen molar-refractivity contribution in [2.75, 3.05) is 26.2 Å². The van der Waals surface area contributed by atoms with Crippen LogP contribution in [-0.4, -0.2) is 51.7 Å². The highest BCUT2D eigenvalue weighted by atomic mass is 32.1. The zero-order chi connectivity index (χ0) is 18.1. The molecule has 1 aromatic carbocycles. The molecule has 0 radical (unpaired) electrons. The number of amides is 1. The van der Waals surface area contributed by atoms with Crippen LogP contribution in [0, 0.1) is 0 Å². The van der Waals surface area contributed by atoms with E-state index in [2.05, 4.69) is 26.8 Å². The molecule has 134 valence electrons. The first-order valence-electron chi connectivity index (χ1n) is 8.62. The van der Waals surface area contributed by atoms with E-state index in [1.54, 1.807) is 36.6 Å². The monoisotopic (exact) mass is 368 g/mol. The Morgan fingerprint density at radius 2 is 1.85 bits per heavy atom. The van der Waals surface area contributed by atoms with E-state index in [0.717, 1.165) is 19.6 Å². The topological polar surface area (TPSA) is 58.4 Å². The van der Waals surface area contributed by atoms with Crippen LogP contribution in [0.3, 0.4) is 0 Å². The van der Waals surface area contributed by atoms with E-state index < -0.39 is 0 Å². The van der Waals surface area contributed by atoms with Crippen molar-refractivity contribution in [1.29, 1.82) is 0 Å². The lowest BCUT2D eigenvalue weighted by atomic mass is 10.1. The SMILES string of the molecule is Cn1nc(C(=O)N2CCN(Cc3ccsc3)CC2)c2ccccc2c1=O. The molecule has 3 aromatic rings. The van der Waals surface area contributed by atoms with E-state index in [-0.39, 0.29) is 11.5 Å². The van der Waals surface area contributed by atoms with Crippen molar-refractivity contribution in [2.24, 2.45) is 7.05 Å². The fraction of sp³-hybridized carbons (Fsp3) is 0.316. The molecular weight excluding hydrogens is 348 g/mol. The van der Waals surface area contributed by atoms with Gasteiger partial charge in [-0.3, -0.25) is 14.5 Å². The maximum Gasteiger partial charge on any atom is 0.275 e. The first-order valence-corrected chi connectivity index (χ1v) is 9.56. The number of rotatable bonds is 3. The summed E-state index contributed by atoms with van der Waals surface area (Å²) < 4.78 is 1.25. The standard InChI is InChI=1S/C19H20N4O2S/c1-21-18(24)16-5-3-2-4-15(16)17(20-21)19(25)23-9-7-22(8-10-23)12-14-6-11-26-13-14/h2-6,11,13H,7-10,12H2,1H3. The first-order chi connectivity index (χ1) is 12.6. The molecule has 2 aromatic heterocycles. The maximum atomic E-state index is 13.0. The second-order valence-electron chi connectivity index (χ2n) is 6.52. The summed E-state index contributed by atoms with van der Waals surface area (Å²) in [4.78, 5) is 29.5. The van der Waals surface area contributed by atoms with Gasteiger partial charge in [-0.25, -0.2) is 4.68 Å². The molecule has 4 rings (SSSR count). The first kappa shape index (κ1) is 16.9. The highest BCUT2D eigenvalue weighted by molar-refractivity contribution is 7.07. The third-order valence-electron chi connectivity index (χ3n) is 4.80. The van der Waals surface area contributed by atoms with Crippen LogP contribution in [0.5, 0.6) is 0 Å². The summed E-state index contributed by atoms with van der Waals surface area (Å²) in [6.07, 6.45) is 0. The van der Waals surface area contributed by atoms with Crippen LogP contribution in [0.1, 0.15) is 16.1 Å². The minimum atomic E-state index is -0.183. The van der Waals surface area contributed by atoms with Crippen LogP contribution in [0.2, 0.25) is 0 Å². The highest BCUT2D eigenvalue weighted by Crippen LogP contribution is 2.17. The number of nitrogens with zero attached hydrogens (tertiary/aromatic N) is 4. The smallest absolute Gasteiger partial charge is 0.275 e. The van der Waals surface area contributed by atoms with Crippen molar-refractivity contribution in [1.82, 2.24) is 19.6 Å². The van der Waals surface area contributed by atoms with Crippen LogP contribution < -0.4 is 5.56 Å². The number of carbonyl (C=O) groups excluding carboxylic acids is 1. The molecule has 1 fully saturated rings. The Hall–Kier alpha value is -2.51. The zero-order valence-corrected chi connectivity index (χ0v) is 15.4.